The van der Waals surface area contributed by atoms with Crippen LogP contribution >= 0.6 is 11.8 Å². The van der Waals surface area contributed by atoms with Crippen LogP contribution in [0.2, 0.25) is 0 Å². The Labute approximate surface area is 231 Å². The zero-order valence-electron chi connectivity index (χ0n) is 22.8. The molecule has 0 aliphatic carbocycles. The minimum atomic E-state index is -1.07. The number of aliphatic hydroxyl groups is 2. The van der Waals surface area contributed by atoms with Gasteiger partial charge in [0.15, 0.2) is 11.5 Å². The predicted molar refractivity (Wildman–Crippen MR) is 142 cm³/mol. The van der Waals surface area contributed by atoms with Gasteiger partial charge in [0.2, 0.25) is 5.91 Å². The van der Waals surface area contributed by atoms with Crippen molar-refractivity contribution < 1.29 is 48.4 Å². The number of thioether (sulfide) groups is 1. The standard InChI is InChI=1S/C25H38N2O11S/c1-14(25(31)36-5)12-39-13-16-9-18(34-3)19(10-17(16)27(32)33)37-8-6-7-21(29)26-22-15(2)38-20(11-28)24(35-4)23(22)30/h9-10,14-15,20,22-24,28,30H,6-8,11-13H2,1-5H3,(H,26,29). The summed E-state index contributed by atoms with van der Waals surface area (Å²) in [7, 11) is 4.12. The number of nitrogens with one attached hydrogen (secondary N) is 1. The van der Waals surface area contributed by atoms with Crippen molar-refractivity contribution in [2.45, 2.75) is 62.9 Å². The van der Waals surface area contributed by atoms with E-state index >= 15 is 0 Å². The van der Waals surface area contributed by atoms with Gasteiger partial charge in [-0.25, -0.2) is 0 Å². The van der Waals surface area contributed by atoms with Crippen molar-refractivity contribution in [2.75, 3.05) is 40.3 Å². The fourth-order valence-corrected chi connectivity index (χ4v) is 5.28. The number of carbonyl (C=O) groups is 2. The first-order valence-electron chi connectivity index (χ1n) is 12.5. The largest absolute Gasteiger partial charge is 0.493 e. The van der Waals surface area contributed by atoms with E-state index in [-0.39, 0.29) is 61.0 Å². The van der Waals surface area contributed by atoms with E-state index in [0.717, 1.165) is 0 Å². The molecule has 1 fully saturated rings. The van der Waals surface area contributed by atoms with Gasteiger partial charge in [0.1, 0.15) is 18.3 Å². The van der Waals surface area contributed by atoms with Crippen LogP contribution in [0, 0.1) is 16.0 Å². The van der Waals surface area contributed by atoms with E-state index in [1.54, 1.807) is 13.8 Å². The number of amides is 1. The summed E-state index contributed by atoms with van der Waals surface area (Å²) in [6, 6.07) is 2.10. The first-order valence-corrected chi connectivity index (χ1v) is 13.6. The average Bonchev–Trinajstić information content (AvgIpc) is 2.92. The number of ether oxygens (including phenoxy) is 5. The lowest BCUT2D eigenvalue weighted by Crippen LogP contribution is -2.63. The second kappa shape index (κ2) is 15.8. The van der Waals surface area contributed by atoms with Crippen LogP contribution < -0.4 is 14.8 Å². The van der Waals surface area contributed by atoms with Crippen molar-refractivity contribution >= 4 is 29.3 Å². The third-order valence-corrected chi connectivity index (χ3v) is 7.59. The first kappa shape index (κ1) is 32.6. The molecule has 1 aromatic carbocycles. The summed E-state index contributed by atoms with van der Waals surface area (Å²) in [4.78, 5) is 35.3. The molecule has 1 aliphatic rings. The molecule has 6 atom stereocenters. The molecule has 3 N–H and O–H groups in total. The number of hydrogen-bond donors (Lipinski definition) is 3. The Morgan fingerprint density at radius 2 is 1.97 bits per heavy atom. The van der Waals surface area contributed by atoms with Crippen molar-refractivity contribution in [2.24, 2.45) is 5.92 Å². The van der Waals surface area contributed by atoms with Crippen LogP contribution in [-0.2, 0) is 29.6 Å². The Balaban J connectivity index is 1.94. The molecule has 0 aromatic heterocycles. The summed E-state index contributed by atoms with van der Waals surface area (Å²) >= 11 is 1.36. The van der Waals surface area contributed by atoms with Crippen molar-refractivity contribution in [1.82, 2.24) is 5.32 Å². The number of carbonyl (C=O) groups excluding carboxylic acids is 2. The quantitative estimate of drug-likeness (QED) is 0.119. The SMILES string of the molecule is COC(=O)C(C)CSCc1cc(OC)c(OCCCC(=O)NC2C(C)OC(CO)C(OC)C2O)cc1[N+](=O)[O-]. The maximum absolute atomic E-state index is 12.5. The molecular weight excluding hydrogens is 536 g/mol. The first-order chi connectivity index (χ1) is 18.6. The van der Waals surface area contributed by atoms with Crippen molar-refractivity contribution in [3.05, 3.63) is 27.8 Å². The molecule has 13 nitrogen and oxygen atoms in total. The van der Waals surface area contributed by atoms with E-state index in [4.69, 9.17) is 23.7 Å². The van der Waals surface area contributed by atoms with Crippen LogP contribution in [0.25, 0.3) is 0 Å². The Hall–Kier alpha value is -2.65. The molecule has 39 heavy (non-hydrogen) atoms. The van der Waals surface area contributed by atoms with E-state index in [9.17, 15) is 29.9 Å². The molecule has 1 saturated heterocycles. The number of esters is 1. The molecule has 2 rings (SSSR count). The molecule has 6 unspecified atom stereocenters. The Bertz CT molecular complexity index is 980. The highest BCUT2D eigenvalue weighted by Gasteiger charge is 2.44. The normalized spacial score (nSPS) is 23.5. The van der Waals surface area contributed by atoms with Crippen molar-refractivity contribution in [3.8, 4) is 11.5 Å². The number of rotatable bonds is 15. The van der Waals surface area contributed by atoms with Crippen LogP contribution in [0.1, 0.15) is 32.3 Å². The summed E-state index contributed by atoms with van der Waals surface area (Å²) < 4.78 is 26.7. The molecule has 14 heteroatoms. The van der Waals surface area contributed by atoms with Crippen molar-refractivity contribution in [3.63, 3.8) is 0 Å². The maximum Gasteiger partial charge on any atom is 0.309 e. The zero-order chi connectivity index (χ0) is 29.1. The van der Waals surface area contributed by atoms with Gasteiger partial charge in [0.25, 0.3) is 5.69 Å². The van der Waals surface area contributed by atoms with Gasteiger partial charge in [0.05, 0.1) is 56.5 Å². The summed E-state index contributed by atoms with van der Waals surface area (Å²) in [6.07, 6.45) is -2.75. The van der Waals surface area contributed by atoms with Gasteiger partial charge >= 0.3 is 5.97 Å². The van der Waals surface area contributed by atoms with Crippen LogP contribution in [0.4, 0.5) is 5.69 Å². The van der Waals surface area contributed by atoms with Gasteiger partial charge in [0, 0.05) is 30.6 Å². The summed E-state index contributed by atoms with van der Waals surface area (Å²) in [5, 5.41) is 34.5. The van der Waals surface area contributed by atoms with Gasteiger partial charge < -0.3 is 39.2 Å². The lowest BCUT2D eigenvalue weighted by atomic mass is 9.93. The fourth-order valence-electron chi connectivity index (χ4n) is 4.22. The monoisotopic (exact) mass is 574 g/mol. The molecule has 220 valence electrons. The summed E-state index contributed by atoms with van der Waals surface area (Å²) in [5.41, 5.74) is 0.279. The Kier molecular flexibility index (Phi) is 13.2. The lowest BCUT2D eigenvalue weighted by Gasteiger charge is -2.42. The smallest absolute Gasteiger partial charge is 0.309 e. The number of hydrogen-bond acceptors (Lipinski definition) is 12. The van der Waals surface area contributed by atoms with E-state index in [1.807, 2.05) is 0 Å². The third-order valence-electron chi connectivity index (χ3n) is 6.34. The molecule has 0 saturated carbocycles. The second-order valence-electron chi connectivity index (χ2n) is 9.13. The number of nitro benzene ring substituents is 1. The lowest BCUT2D eigenvalue weighted by molar-refractivity contribution is -0.385. The van der Waals surface area contributed by atoms with Crippen LogP contribution in [0.5, 0.6) is 11.5 Å². The van der Waals surface area contributed by atoms with E-state index in [2.05, 4.69) is 5.32 Å². The van der Waals surface area contributed by atoms with E-state index in [0.29, 0.717) is 17.1 Å². The molecule has 1 aliphatic heterocycles. The molecule has 1 heterocycles. The number of nitrogens with zero attached hydrogens (tertiary/aromatic N) is 1. The molecular formula is C25H38N2O11S. The minimum absolute atomic E-state index is 0.0640. The predicted octanol–water partition coefficient (Wildman–Crippen LogP) is 1.45. The molecule has 0 bridgehead atoms. The highest BCUT2D eigenvalue weighted by Crippen LogP contribution is 2.37. The van der Waals surface area contributed by atoms with E-state index in [1.165, 1.54) is 45.2 Å². The number of aliphatic hydroxyl groups excluding tert-OH is 2. The number of methoxy groups -OCH3 is 3. The van der Waals surface area contributed by atoms with Gasteiger partial charge in [-0.05, 0) is 19.4 Å². The highest BCUT2D eigenvalue weighted by atomic mass is 32.2. The summed E-state index contributed by atoms with van der Waals surface area (Å²) in [6.45, 7) is 3.17. The van der Waals surface area contributed by atoms with Gasteiger partial charge in [-0.3, -0.25) is 19.7 Å². The highest BCUT2D eigenvalue weighted by molar-refractivity contribution is 7.98. The second-order valence-corrected chi connectivity index (χ2v) is 10.2. The third kappa shape index (κ3) is 8.93. The van der Waals surface area contributed by atoms with Gasteiger partial charge in [-0.15, -0.1) is 0 Å². The molecule has 1 amide bonds. The van der Waals surface area contributed by atoms with Gasteiger partial charge in [-0.2, -0.15) is 11.8 Å². The minimum Gasteiger partial charge on any atom is -0.493 e. The van der Waals surface area contributed by atoms with Crippen molar-refractivity contribution in [1.29, 1.82) is 0 Å². The topological polar surface area (TPSA) is 176 Å². The fraction of sp³-hybridized carbons (Fsp3) is 0.680. The number of benzene rings is 1. The van der Waals surface area contributed by atoms with E-state index < -0.39 is 35.4 Å². The Morgan fingerprint density at radius 1 is 1.26 bits per heavy atom. The zero-order valence-corrected chi connectivity index (χ0v) is 23.6. The molecule has 1 aromatic rings. The van der Waals surface area contributed by atoms with Gasteiger partial charge in [-0.1, -0.05) is 6.92 Å². The Morgan fingerprint density at radius 3 is 2.56 bits per heavy atom. The average molecular weight is 575 g/mol. The molecule has 0 spiro atoms. The maximum atomic E-state index is 12.5. The van der Waals surface area contributed by atoms with Crippen LogP contribution in [0.3, 0.4) is 0 Å². The van der Waals surface area contributed by atoms with Crippen LogP contribution in [0.15, 0.2) is 12.1 Å². The molecule has 0 radical (unpaired) electrons. The summed E-state index contributed by atoms with van der Waals surface area (Å²) in [5.74, 6) is 0.152. The van der Waals surface area contributed by atoms with Crippen LogP contribution in [-0.4, -0.2) is 97.8 Å². The number of nitro groups is 1.